The molecule has 0 amide bonds. The molecule has 4 aromatic rings. The van der Waals surface area contributed by atoms with Crippen molar-refractivity contribution in [3.05, 3.63) is 66.9 Å². The number of hydrogen-bond donors (Lipinski definition) is 0. The van der Waals surface area contributed by atoms with E-state index in [-0.39, 0.29) is 0 Å². The van der Waals surface area contributed by atoms with Crippen molar-refractivity contribution in [3.63, 3.8) is 0 Å². The van der Waals surface area contributed by atoms with E-state index in [0.717, 1.165) is 38.4 Å². The number of rotatable bonds is 7. The Morgan fingerprint density at radius 1 is 0.613 bits per heavy atom. The molecule has 0 bridgehead atoms. The van der Waals surface area contributed by atoms with Gasteiger partial charge in [-0.3, -0.25) is 0 Å². The standard InChI is InChI=1S/C25H23NO4S/c1-27-20-11-9-17(10-12-20)16-5-7-18(8-6-16)21-15-26-31-25(21)19-13-22(28-2)24(30-4)23(14-19)29-3/h5-15H,1-4H3. The van der Waals surface area contributed by atoms with Crippen LogP contribution < -0.4 is 18.9 Å². The summed E-state index contributed by atoms with van der Waals surface area (Å²) in [5.41, 5.74) is 5.39. The van der Waals surface area contributed by atoms with Crippen LogP contribution in [-0.2, 0) is 0 Å². The average molecular weight is 434 g/mol. The van der Waals surface area contributed by atoms with Gasteiger partial charge in [-0.05, 0) is 52.5 Å². The van der Waals surface area contributed by atoms with E-state index in [0.29, 0.717) is 17.2 Å². The molecule has 0 radical (unpaired) electrons. The second-order valence-corrected chi connectivity index (χ2v) is 7.59. The van der Waals surface area contributed by atoms with Gasteiger partial charge in [-0.15, -0.1) is 0 Å². The predicted octanol–water partition coefficient (Wildman–Crippen LogP) is 6.18. The molecule has 1 heterocycles. The summed E-state index contributed by atoms with van der Waals surface area (Å²) in [5.74, 6) is 2.65. The molecule has 158 valence electrons. The van der Waals surface area contributed by atoms with Crippen LogP contribution in [-0.4, -0.2) is 32.8 Å². The Morgan fingerprint density at radius 3 is 1.68 bits per heavy atom. The SMILES string of the molecule is COc1ccc(-c2ccc(-c3cnsc3-c3cc(OC)c(OC)c(OC)c3)cc2)cc1. The molecule has 0 saturated carbocycles. The van der Waals surface area contributed by atoms with Gasteiger partial charge in [-0.25, -0.2) is 0 Å². The van der Waals surface area contributed by atoms with Crippen molar-refractivity contribution >= 4 is 11.5 Å². The second kappa shape index (κ2) is 9.10. The molecule has 1 aromatic heterocycles. The van der Waals surface area contributed by atoms with Crippen molar-refractivity contribution in [2.24, 2.45) is 0 Å². The van der Waals surface area contributed by atoms with Crippen LogP contribution in [0.3, 0.4) is 0 Å². The van der Waals surface area contributed by atoms with E-state index < -0.39 is 0 Å². The number of benzene rings is 3. The Labute approximate surface area is 186 Å². The van der Waals surface area contributed by atoms with E-state index in [1.807, 2.05) is 30.5 Å². The first-order chi connectivity index (χ1) is 15.2. The minimum atomic E-state index is 0.573. The summed E-state index contributed by atoms with van der Waals surface area (Å²) in [6.07, 6.45) is 1.89. The molecule has 0 aliphatic carbocycles. The van der Waals surface area contributed by atoms with E-state index >= 15 is 0 Å². The topological polar surface area (TPSA) is 49.8 Å². The second-order valence-electron chi connectivity index (χ2n) is 6.79. The zero-order chi connectivity index (χ0) is 21.8. The van der Waals surface area contributed by atoms with Crippen LogP contribution in [0, 0.1) is 0 Å². The first kappa shape index (κ1) is 20.8. The number of ether oxygens (including phenoxy) is 4. The van der Waals surface area contributed by atoms with Gasteiger partial charge < -0.3 is 18.9 Å². The van der Waals surface area contributed by atoms with Gasteiger partial charge in [0.05, 0.1) is 33.3 Å². The van der Waals surface area contributed by atoms with Gasteiger partial charge in [0.25, 0.3) is 0 Å². The summed E-state index contributed by atoms with van der Waals surface area (Å²) < 4.78 is 26.2. The Hall–Kier alpha value is -3.51. The summed E-state index contributed by atoms with van der Waals surface area (Å²) in [6.45, 7) is 0. The van der Waals surface area contributed by atoms with Crippen molar-refractivity contribution in [2.45, 2.75) is 0 Å². The first-order valence-electron chi connectivity index (χ1n) is 9.68. The van der Waals surface area contributed by atoms with Gasteiger partial charge in [0.2, 0.25) is 5.75 Å². The molecule has 0 aliphatic heterocycles. The Balaban J connectivity index is 1.70. The van der Waals surface area contributed by atoms with Crippen molar-refractivity contribution < 1.29 is 18.9 Å². The third-order valence-corrected chi connectivity index (χ3v) is 5.97. The molecule has 0 atom stereocenters. The monoisotopic (exact) mass is 433 g/mol. The molecule has 0 fully saturated rings. The fourth-order valence-corrected chi connectivity index (χ4v) is 4.25. The average Bonchev–Trinajstić information content (AvgIpc) is 3.33. The van der Waals surface area contributed by atoms with E-state index in [2.05, 4.69) is 40.8 Å². The Morgan fingerprint density at radius 2 is 1.16 bits per heavy atom. The van der Waals surface area contributed by atoms with Crippen LogP contribution in [0.2, 0.25) is 0 Å². The summed E-state index contributed by atoms with van der Waals surface area (Å²) in [4.78, 5) is 1.04. The highest BCUT2D eigenvalue weighted by Gasteiger charge is 2.18. The van der Waals surface area contributed by atoms with Gasteiger partial charge >= 0.3 is 0 Å². The quantitative estimate of drug-likeness (QED) is 0.348. The third-order valence-electron chi connectivity index (χ3n) is 5.12. The zero-order valence-corrected chi connectivity index (χ0v) is 18.7. The lowest BCUT2D eigenvalue weighted by Crippen LogP contribution is -1.95. The maximum Gasteiger partial charge on any atom is 0.203 e. The molecule has 0 saturated heterocycles. The smallest absolute Gasteiger partial charge is 0.203 e. The van der Waals surface area contributed by atoms with E-state index in [1.165, 1.54) is 11.5 Å². The molecular weight excluding hydrogens is 410 g/mol. The van der Waals surface area contributed by atoms with Crippen LogP contribution in [0.5, 0.6) is 23.0 Å². The van der Waals surface area contributed by atoms with Gasteiger partial charge in [-0.1, -0.05) is 36.4 Å². The molecule has 0 N–H and O–H groups in total. The summed E-state index contributed by atoms with van der Waals surface area (Å²) in [7, 11) is 6.51. The number of hydrogen-bond acceptors (Lipinski definition) is 6. The van der Waals surface area contributed by atoms with Gasteiger partial charge in [0.15, 0.2) is 11.5 Å². The highest BCUT2D eigenvalue weighted by Crippen LogP contribution is 2.44. The van der Waals surface area contributed by atoms with Crippen LogP contribution >= 0.6 is 11.5 Å². The van der Waals surface area contributed by atoms with Crippen molar-refractivity contribution in [3.8, 4) is 55.7 Å². The third kappa shape index (κ3) is 4.07. The summed E-state index contributed by atoms with van der Waals surface area (Å²) >= 11 is 1.44. The van der Waals surface area contributed by atoms with E-state index in [4.69, 9.17) is 18.9 Å². The van der Waals surface area contributed by atoms with Crippen LogP contribution in [0.25, 0.3) is 32.7 Å². The van der Waals surface area contributed by atoms with Crippen molar-refractivity contribution in [1.82, 2.24) is 4.37 Å². The zero-order valence-electron chi connectivity index (χ0n) is 17.8. The minimum absolute atomic E-state index is 0.573. The maximum absolute atomic E-state index is 5.51. The highest BCUT2D eigenvalue weighted by molar-refractivity contribution is 7.10. The van der Waals surface area contributed by atoms with Gasteiger partial charge in [-0.2, -0.15) is 4.37 Å². The Kier molecular flexibility index (Phi) is 6.09. The fourth-order valence-electron chi connectivity index (χ4n) is 3.49. The van der Waals surface area contributed by atoms with E-state index in [1.54, 1.807) is 28.4 Å². The molecule has 0 unspecified atom stereocenters. The number of aromatic nitrogens is 1. The first-order valence-corrected chi connectivity index (χ1v) is 10.5. The fraction of sp³-hybridized carbons (Fsp3) is 0.160. The van der Waals surface area contributed by atoms with E-state index in [9.17, 15) is 0 Å². The van der Waals surface area contributed by atoms with Gasteiger partial charge in [0, 0.05) is 17.3 Å². The molecule has 0 spiro atoms. The lowest BCUT2D eigenvalue weighted by molar-refractivity contribution is 0.324. The predicted molar refractivity (Wildman–Crippen MR) is 125 cm³/mol. The number of methoxy groups -OCH3 is 4. The Bertz CT molecular complexity index is 1140. The van der Waals surface area contributed by atoms with Crippen LogP contribution in [0.4, 0.5) is 0 Å². The molecule has 6 heteroatoms. The van der Waals surface area contributed by atoms with Crippen molar-refractivity contribution in [1.29, 1.82) is 0 Å². The molecule has 3 aromatic carbocycles. The van der Waals surface area contributed by atoms with Crippen molar-refractivity contribution in [2.75, 3.05) is 28.4 Å². The van der Waals surface area contributed by atoms with Crippen LogP contribution in [0.1, 0.15) is 0 Å². The van der Waals surface area contributed by atoms with Crippen LogP contribution in [0.15, 0.2) is 66.9 Å². The number of nitrogens with zero attached hydrogens (tertiary/aromatic N) is 1. The lowest BCUT2D eigenvalue weighted by Gasteiger charge is -2.14. The summed E-state index contributed by atoms with van der Waals surface area (Å²) in [5, 5.41) is 0. The normalized spacial score (nSPS) is 10.6. The minimum Gasteiger partial charge on any atom is -0.497 e. The molecular formula is C25H23NO4S. The lowest BCUT2D eigenvalue weighted by atomic mass is 9.99. The molecule has 31 heavy (non-hydrogen) atoms. The molecule has 0 aliphatic rings. The maximum atomic E-state index is 5.51. The molecule has 5 nitrogen and oxygen atoms in total. The largest absolute Gasteiger partial charge is 0.497 e. The summed E-state index contributed by atoms with van der Waals surface area (Å²) in [6, 6.07) is 20.4. The molecule has 4 rings (SSSR count). The van der Waals surface area contributed by atoms with Gasteiger partial charge in [0.1, 0.15) is 5.75 Å². The highest BCUT2D eigenvalue weighted by atomic mass is 32.1.